The zero-order chi connectivity index (χ0) is 13.0. The molecule has 1 aromatic heterocycles. The topological polar surface area (TPSA) is 71.2 Å². The third kappa shape index (κ3) is 3.35. The molecule has 0 atom stereocenters. The summed E-state index contributed by atoms with van der Waals surface area (Å²) in [6, 6.07) is 4.31. The van der Waals surface area contributed by atoms with Crippen LogP contribution in [0.25, 0.3) is 0 Å². The molecule has 1 aromatic rings. The molecule has 3 N–H and O–H groups in total. The van der Waals surface area contributed by atoms with Crippen molar-refractivity contribution in [3.8, 4) is 0 Å². The monoisotopic (exact) mass is 248 g/mol. The molecule has 0 bridgehead atoms. The van der Waals surface area contributed by atoms with Crippen LogP contribution >= 0.6 is 0 Å². The maximum absolute atomic E-state index is 11.5. The van der Waals surface area contributed by atoms with E-state index in [1.807, 2.05) is 19.1 Å². The van der Waals surface area contributed by atoms with Gasteiger partial charge in [-0.25, -0.2) is 4.98 Å². The Balaban J connectivity index is 1.96. The van der Waals surface area contributed by atoms with Gasteiger partial charge in [-0.05, 0) is 31.9 Å². The number of nitrogens with two attached hydrogens (primary N) is 1. The number of hydrogen-bond donors (Lipinski definition) is 2. The number of carbonyl (C=O) groups excluding carboxylic acids is 1. The third-order valence-corrected chi connectivity index (χ3v) is 3.01. The maximum Gasteiger partial charge on any atom is 0.221 e. The fourth-order valence-electron chi connectivity index (χ4n) is 1.95. The summed E-state index contributed by atoms with van der Waals surface area (Å²) in [6.07, 6.45) is 4.54. The molecule has 0 unspecified atom stereocenters. The number of aromatic nitrogens is 1. The summed E-state index contributed by atoms with van der Waals surface area (Å²) in [6.45, 7) is 3.33. The number of rotatable bonds is 6. The molecule has 0 aliphatic heterocycles. The number of hydrogen-bond acceptors (Lipinski definition) is 4. The molecule has 18 heavy (non-hydrogen) atoms. The number of nitrogen functional groups attached to an aromatic ring is 1. The molecule has 2 rings (SSSR count). The van der Waals surface area contributed by atoms with Gasteiger partial charge in [-0.2, -0.15) is 0 Å². The molecule has 0 radical (unpaired) electrons. The van der Waals surface area contributed by atoms with Crippen LogP contribution in [0.2, 0.25) is 0 Å². The van der Waals surface area contributed by atoms with Gasteiger partial charge in [0.05, 0.1) is 11.9 Å². The molecule has 1 aliphatic rings. The number of nitrogens with one attached hydrogen (secondary N) is 1. The third-order valence-electron chi connectivity index (χ3n) is 3.01. The largest absolute Gasteiger partial charge is 0.397 e. The van der Waals surface area contributed by atoms with Gasteiger partial charge >= 0.3 is 0 Å². The van der Waals surface area contributed by atoms with Gasteiger partial charge in [0.1, 0.15) is 5.82 Å². The van der Waals surface area contributed by atoms with E-state index in [4.69, 9.17) is 5.73 Å². The molecule has 1 amide bonds. The smallest absolute Gasteiger partial charge is 0.221 e. The molecule has 1 saturated carbocycles. The van der Waals surface area contributed by atoms with Crippen LogP contribution in [0.3, 0.4) is 0 Å². The van der Waals surface area contributed by atoms with Gasteiger partial charge in [-0.15, -0.1) is 0 Å². The molecule has 0 spiro atoms. The van der Waals surface area contributed by atoms with Crippen molar-refractivity contribution in [2.75, 3.05) is 23.7 Å². The number of nitrogens with zero attached hydrogens (tertiary/aromatic N) is 2. The van der Waals surface area contributed by atoms with Gasteiger partial charge in [0.15, 0.2) is 0 Å². The van der Waals surface area contributed by atoms with E-state index in [0.29, 0.717) is 31.2 Å². The second-order valence-corrected chi connectivity index (χ2v) is 4.58. The first kappa shape index (κ1) is 12.7. The van der Waals surface area contributed by atoms with Gasteiger partial charge in [-0.1, -0.05) is 0 Å². The molecule has 5 heteroatoms. The van der Waals surface area contributed by atoms with Crippen LogP contribution in [0.1, 0.15) is 26.2 Å². The second kappa shape index (κ2) is 5.71. The maximum atomic E-state index is 11.5. The van der Waals surface area contributed by atoms with Crippen LogP contribution in [0, 0.1) is 0 Å². The number of amides is 1. The summed E-state index contributed by atoms with van der Waals surface area (Å²) in [4.78, 5) is 18.0. The summed E-state index contributed by atoms with van der Waals surface area (Å²) in [5, 5.41) is 2.81. The Bertz CT molecular complexity index is 400. The lowest BCUT2D eigenvalue weighted by atomic mass is 10.3. The van der Waals surface area contributed by atoms with Crippen LogP contribution < -0.4 is 16.0 Å². The minimum atomic E-state index is 0.0959. The molecule has 1 aliphatic carbocycles. The molecule has 1 fully saturated rings. The lowest BCUT2D eigenvalue weighted by molar-refractivity contribution is -0.120. The highest BCUT2D eigenvalue weighted by atomic mass is 16.1. The Morgan fingerprint density at radius 1 is 1.56 bits per heavy atom. The Morgan fingerprint density at radius 2 is 2.33 bits per heavy atom. The number of pyridine rings is 1. The quantitative estimate of drug-likeness (QED) is 0.792. The van der Waals surface area contributed by atoms with E-state index in [2.05, 4.69) is 15.2 Å². The van der Waals surface area contributed by atoms with E-state index in [-0.39, 0.29) is 5.91 Å². The SMILES string of the molecule is CCNC(=O)CCN(c1ccc(N)cn1)C1CC1. The first-order valence-electron chi connectivity index (χ1n) is 6.45. The van der Waals surface area contributed by atoms with E-state index < -0.39 is 0 Å². The van der Waals surface area contributed by atoms with Gasteiger partial charge < -0.3 is 16.0 Å². The van der Waals surface area contributed by atoms with Crippen LogP contribution in [-0.4, -0.2) is 30.0 Å². The van der Waals surface area contributed by atoms with E-state index in [9.17, 15) is 4.79 Å². The van der Waals surface area contributed by atoms with Gasteiger partial charge in [0.2, 0.25) is 5.91 Å². The molecular weight excluding hydrogens is 228 g/mol. The highest BCUT2D eigenvalue weighted by Gasteiger charge is 2.30. The summed E-state index contributed by atoms with van der Waals surface area (Å²) in [5.74, 6) is 1.01. The Hall–Kier alpha value is -1.78. The van der Waals surface area contributed by atoms with Gasteiger partial charge in [0.25, 0.3) is 0 Å². The zero-order valence-corrected chi connectivity index (χ0v) is 10.7. The minimum absolute atomic E-state index is 0.0959. The first-order valence-corrected chi connectivity index (χ1v) is 6.45. The van der Waals surface area contributed by atoms with Crippen LogP contribution in [-0.2, 0) is 4.79 Å². The summed E-state index contributed by atoms with van der Waals surface area (Å²) in [7, 11) is 0. The fourth-order valence-corrected chi connectivity index (χ4v) is 1.95. The normalized spacial score (nSPS) is 14.3. The van der Waals surface area contributed by atoms with Gasteiger partial charge in [0, 0.05) is 25.6 Å². The van der Waals surface area contributed by atoms with E-state index in [0.717, 1.165) is 5.82 Å². The predicted octanol–water partition coefficient (Wildman–Crippen LogP) is 1.16. The standard InChI is InChI=1S/C13H20N4O/c1-2-15-13(18)7-8-17(11-4-5-11)12-6-3-10(14)9-16-12/h3,6,9,11H,2,4-5,7-8,14H2,1H3,(H,15,18). The van der Waals surface area contributed by atoms with Crippen LogP contribution in [0.4, 0.5) is 11.5 Å². The highest BCUT2D eigenvalue weighted by molar-refractivity contribution is 5.76. The first-order chi connectivity index (χ1) is 8.70. The van der Waals surface area contributed by atoms with Crippen molar-refractivity contribution in [3.05, 3.63) is 18.3 Å². The summed E-state index contributed by atoms with van der Waals surface area (Å²) in [5.41, 5.74) is 6.30. The zero-order valence-electron chi connectivity index (χ0n) is 10.7. The van der Waals surface area contributed by atoms with Crippen molar-refractivity contribution in [1.82, 2.24) is 10.3 Å². The van der Waals surface area contributed by atoms with E-state index in [1.165, 1.54) is 12.8 Å². The minimum Gasteiger partial charge on any atom is -0.397 e. The lowest BCUT2D eigenvalue weighted by Crippen LogP contribution is -2.32. The van der Waals surface area contributed by atoms with Crippen molar-refractivity contribution in [1.29, 1.82) is 0 Å². The van der Waals surface area contributed by atoms with Crippen molar-refractivity contribution in [3.63, 3.8) is 0 Å². The fraction of sp³-hybridized carbons (Fsp3) is 0.538. The average molecular weight is 248 g/mol. The Labute approximate surface area is 107 Å². The number of anilines is 2. The predicted molar refractivity (Wildman–Crippen MR) is 72.3 cm³/mol. The Kier molecular flexibility index (Phi) is 4.02. The van der Waals surface area contributed by atoms with Crippen molar-refractivity contribution >= 4 is 17.4 Å². The molecule has 1 heterocycles. The highest BCUT2D eigenvalue weighted by Crippen LogP contribution is 2.30. The Morgan fingerprint density at radius 3 is 2.89 bits per heavy atom. The molecule has 0 saturated heterocycles. The average Bonchev–Trinajstić information content (AvgIpc) is 3.16. The van der Waals surface area contributed by atoms with Crippen molar-refractivity contribution < 1.29 is 4.79 Å². The van der Waals surface area contributed by atoms with E-state index >= 15 is 0 Å². The lowest BCUT2D eigenvalue weighted by Gasteiger charge is -2.23. The number of carbonyl (C=O) groups is 1. The van der Waals surface area contributed by atoms with Gasteiger partial charge in [-0.3, -0.25) is 4.79 Å². The van der Waals surface area contributed by atoms with Crippen molar-refractivity contribution in [2.45, 2.75) is 32.2 Å². The summed E-state index contributed by atoms with van der Waals surface area (Å²) < 4.78 is 0. The van der Waals surface area contributed by atoms with Crippen molar-refractivity contribution in [2.24, 2.45) is 0 Å². The molecule has 5 nitrogen and oxygen atoms in total. The van der Waals surface area contributed by atoms with E-state index in [1.54, 1.807) is 6.20 Å². The molecule has 98 valence electrons. The molecule has 0 aromatic carbocycles. The second-order valence-electron chi connectivity index (χ2n) is 4.58. The van der Waals surface area contributed by atoms with Crippen LogP contribution in [0.5, 0.6) is 0 Å². The summed E-state index contributed by atoms with van der Waals surface area (Å²) >= 11 is 0. The molecular formula is C13H20N4O. The van der Waals surface area contributed by atoms with Crippen LogP contribution in [0.15, 0.2) is 18.3 Å².